The molecule has 0 saturated carbocycles. The van der Waals surface area contributed by atoms with Crippen molar-refractivity contribution in [3.63, 3.8) is 0 Å². The van der Waals surface area contributed by atoms with Gasteiger partial charge in [-0.3, -0.25) is 10.1 Å². The van der Waals surface area contributed by atoms with Crippen molar-refractivity contribution in [3.05, 3.63) is 57.6 Å². The second kappa shape index (κ2) is 6.21. The van der Waals surface area contributed by atoms with E-state index in [1.165, 1.54) is 19.2 Å². The zero-order valence-electron chi connectivity index (χ0n) is 12.2. The quantitative estimate of drug-likeness (QED) is 0.673. The minimum atomic E-state index is -0.459. The lowest BCUT2D eigenvalue weighted by molar-refractivity contribution is -0.384. The molecule has 0 radical (unpaired) electrons. The summed E-state index contributed by atoms with van der Waals surface area (Å²) in [5.41, 5.74) is 2.11. The third-order valence-electron chi connectivity index (χ3n) is 3.26. The Morgan fingerprint density at radius 3 is 2.62 bits per heavy atom. The molecule has 0 bridgehead atoms. The molecular formula is C15H17N3O3. The fourth-order valence-corrected chi connectivity index (χ4v) is 2.16. The summed E-state index contributed by atoms with van der Waals surface area (Å²) in [6, 6.07) is 10.6. The molecule has 1 aromatic heterocycles. The summed E-state index contributed by atoms with van der Waals surface area (Å²) in [5, 5.41) is 14.2. The van der Waals surface area contributed by atoms with Gasteiger partial charge in [0.2, 0.25) is 11.7 Å². The normalized spacial score (nSPS) is 11.8. The van der Waals surface area contributed by atoms with Crippen LogP contribution < -0.4 is 10.1 Å². The molecule has 6 heteroatoms. The zero-order chi connectivity index (χ0) is 15.4. The maximum absolute atomic E-state index is 11.1. The molecule has 21 heavy (non-hydrogen) atoms. The van der Waals surface area contributed by atoms with Crippen LogP contribution in [0.15, 0.2) is 36.4 Å². The molecule has 1 unspecified atom stereocenters. The number of benzene rings is 1. The van der Waals surface area contributed by atoms with Crippen molar-refractivity contribution < 1.29 is 9.66 Å². The lowest BCUT2D eigenvalue weighted by atomic mass is 10.0. The number of pyridine rings is 1. The Morgan fingerprint density at radius 1 is 1.29 bits per heavy atom. The first kappa shape index (κ1) is 14.8. The van der Waals surface area contributed by atoms with Crippen molar-refractivity contribution in [2.24, 2.45) is 0 Å². The average Bonchev–Trinajstić information content (AvgIpc) is 2.47. The minimum Gasteiger partial charge on any atom is -0.481 e. The molecule has 1 aromatic carbocycles. The van der Waals surface area contributed by atoms with Gasteiger partial charge >= 0.3 is 5.69 Å². The Hall–Kier alpha value is -2.63. The van der Waals surface area contributed by atoms with Crippen LogP contribution in [0.3, 0.4) is 0 Å². The summed E-state index contributed by atoms with van der Waals surface area (Å²) in [6.45, 7) is 3.94. The van der Waals surface area contributed by atoms with Crippen LogP contribution in [0.5, 0.6) is 5.88 Å². The number of rotatable bonds is 5. The molecule has 1 N–H and O–H groups in total. The van der Waals surface area contributed by atoms with E-state index in [-0.39, 0.29) is 17.5 Å². The number of hydrogen-bond donors (Lipinski definition) is 1. The number of ether oxygens (including phenoxy) is 1. The highest BCUT2D eigenvalue weighted by atomic mass is 16.6. The summed E-state index contributed by atoms with van der Waals surface area (Å²) in [7, 11) is 1.47. The predicted octanol–water partition coefficient (Wildman–Crippen LogP) is 3.48. The average molecular weight is 287 g/mol. The number of aryl methyl sites for hydroxylation is 1. The van der Waals surface area contributed by atoms with Gasteiger partial charge < -0.3 is 10.1 Å². The number of aromatic nitrogens is 1. The van der Waals surface area contributed by atoms with E-state index in [1.807, 2.05) is 38.1 Å². The van der Waals surface area contributed by atoms with E-state index in [0.29, 0.717) is 5.88 Å². The fourth-order valence-electron chi connectivity index (χ4n) is 2.16. The van der Waals surface area contributed by atoms with Gasteiger partial charge in [-0.05, 0) is 25.0 Å². The van der Waals surface area contributed by atoms with Crippen molar-refractivity contribution in [1.82, 2.24) is 4.98 Å². The molecule has 2 aromatic rings. The zero-order valence-corrected chi connectivity index (χ0v) is 12.2. The highest BCUT2D eigenvalue weighted by Crippen LogP contribution is 2.29. The van der Waals surface area contributed by atoms with Crippen molar-refractivity contribution in [1.29, 1.82) is 0 Å². The Labute approximate surface area is 122 Å². The number of hydrogen-bond acceptors (Lipinski definition) is 5. The first-order valence-corrected chi connectivity index (χ1v) is 6.54. The van der Waals surface area contributed by atoms with Crippen molar-refractivity contribution in [2.45, 2.75) is 19.9 Å². The lowest BCUT2D eigenvalue weighted by Gasteiger charge is -2.17. The van der Waals surface area contributed by atoms with E-state index < -0.39 is 4.92 Å². The number of methoxy groups -OCH3 is 1. The molecule has 0 amide bonds. The second-order valence-electron chi connectivity index (χ2n) is 4.70. The first-order chi connectivity index (χ1) is 10.0. The SMILES string of the molecule is COc1ccc([N+](=O)[O-])c(NC(C)c2ccccc2C)n1. The maximum atomic E-state index is 11.1. The van der Waals surface area contributed by atoms with Gasteiger partial charge in [-0.15, -0.1) is 0 Å². The van der Waals surface area contributed by atoms with Crippen LogP contribution in [0.25, 0.3) is 0 Å². The lowest BCUT2D eigenvalue weighted by Crippen LogP contribution is -2.11. The molecule has 0 aliphatic heterocycles. The summed E-state index contributed by atoms with van der Waals surface area (Å²) in [6.07, 6.45) is 0. The van der Waals surface area contributed by atoms with Crippen molar-refractivity contribution in [2.75, 3.05) is 12.4 Å². The maximum Gasteiger partial charge on any atom is 0.311 e. The van der Waals surface area contributed by atoms with Crippen LogP contribution in [-0.4, -0.2) is 17.0 Å². The predicted molar refractivity (Wildman–Crippen MR) is 80.7 cm³/mol. The molecule has 1 heterocycles. The Bertz CT molecular complexity index is 658. The van der Waals surface area contributed by atoms with Gasteiger partial charge in [0.15, 0.2) is 0 Å². The Morgan fingerprint density at radius 2 is 2.00 bits per heavy atom. The molecule has 1 atom stereocenters. The van der Waals surface area contributed by atoms with Gasteiger partial charge in [0, 0.05) is 12.1 Å². The summed E-state index contributed by atoms with van der Waals surface area (Å²) < 4.78 is 5.03. The minimum absolute atomic E-state index is 0.0729. The van der Waals surface area contributed by atoms with Crippen LogP contribution in [0, 0.1) is 17.0 Å². The van der Waals surface area contributed by atoms with E-state index in [1.54, 1.807) is 0 Å². The molecule has 0 spiro atoms. The topological polar surface area (TPSA) is 77.3 Å². The van der Waals surface area contributed by atoms with Gasteiger partial charge in [-0.2, -0.15) is 4.98 Å². The molecule has 0 aliphatic rings. The number of nitro groups is 1. The van der Waals surface area contributed by atoms with E-state index in [0.717, 1.165) is 11.1 Å². The first-order valence-electron chi connectivity index (χ1n) is 6.54. The van der Waals surface area contributed by atoms with Crippen LogP contribution in [0.1, 0.15) is 24.1 Å². The van der Waals surface area contributed by atoms with Gasteiger partial charge in [-0.1, -0.05) is 24.3 Å². The fraction of sp³-hybridized carbons (Fsp3) is 0.267. The standard InChI is InChI=1S/C15H17N3O3/c1-10-6-4-5-7-12(10)11(2)16-15-13(18(19)20)8-9-14(17-15)21-3/h4-9,11H,1-3H3,(H,16,17). The molecule has 0 aliphatic carbocycles. The van der Waals surface area contributed by atoms with Crippen molar-refractivity contribution in [3.8, 4) is 5.88 Å². The van der Waals surface area contributed by atoms with Crippen molar-refractivity contribution >= 4 is 11.5 Å². The summed E-state index contributed by atoms with van der Waals surface area (Å²) in [5.74, 6) is 0.537. The van der Waals surface area contributed by atoms with E-state index in [2.05, 4.69) is 10.3 Å². The highest BCUT2D eigenvalue weighted by Gasteiger charge is 2.19. The number of anilines is 1. The Balaban J connectivity index is 2.34. The molecular weight excluding hydrogens is 270 g/mol. The van der Waals surface area contributed by atoms with Gasteiger partial charge in [0.05, 0.1) is 18.1 Å². The number of nitrogens with zero attached hydrogens (tertiary/aromatic N) is 2. The largest absolute Gasteiger partial charge is 0.481 e. The smallest absolute Gasteiger partial charge is 0.311 e. The molecule has 0 fully saturated rings. The third-order valence-corrected chi connectivity index (χ3v) is 3.26. The number of nitrogens with one attached hydrogen (secondary N) is 1. The van der Waals surface area contributed by atoms with Crippen LogP contribution >= 0.6 is 0 Å². The van der Waals surface area contributed by atoms with Crippen LogP contribution in [0.4, 0.5) is 11.5 Å². The van der Waals surface area contributed by atoms with Crippen LogP contribution in [0.2, 0.25) is 0 Å². The molecule has 110 valence electrons. The van der Waals surface area contributed by atoms with Gasteiger partial charge in [0.25, 0.3) is 0 Å². The van der Waals surface area contributed by atoms with E-state index in [4.69, 9.17) is 4.74 Å². The second-order valence-corrected chi connectivity index (χ2v) is 4.70. The van der Waals surface area contributed by atoms with Crippen LogP contribution in [-0.2, 0) is 0 Å². The highest BCUT2D eigenvalue weighted by molar-refractivity contribution is 5.58. The van der Waals surface area contributed by atoms with E-state index >= 15 is 0 Å². The third kappa shape index (κ3) is 3.28. The van der Waals surface area contributed by atoms with E-state index in [9.17, 15) is 10.1 Å². The van der Waals surface area contributed by atoms with Gasteiger partial charge in [-0.25, -0.2) is 0 Å². The molecule has 0 saturated heterocycles. The molecule has 2 rings (SSSR count). The van der Waals surface area contributed by atoms with Gasteiger partial charge in [0.1, 0.15) is 0 Å². The monoisotopic (exact) mass is 287 g/mol. The summed E-state index contributed by atoms with van der Waals surface area (Å²) in [4.78, 5) is 14.8. The Kier molecular flexibility index (Phi) is 4.37. The molecule has 6 nitrogen and oxygen atoms in total. The summed E-state index contributed by atoms with van der Waals surface area (Å²) >= 11 is 0.